The van der Waals surface area contributed by atoms with Gasteiger partial charge in [-0.1, -0.05) is 18.2 Å². The van der Waals surface area contributed by atoms with Crippen molar-refractivity contribution in [2.75, 3.05) is 20.1 Å². The molecule has 0 aliphatic carbocycles. The van der Waals surface area contributed by atoms with E-state index in [0.717, 1.165) is 4.31 Å². The van der Waals surface area contributed by atoms with Crippen molar-refractivity contribution in [1.29, 1.82) is 0 Å². The minimum Gasteiger partial charge on any atom is -0.339 e. The number of sulfonamides is 1. The van der Waals surface area contributed by atoms with Crippen molar-refractivity contribution in [1.82, 2.24) is 9.21 Å². The first-order chi connectivity index (χ1) is 12.3. The van der Waals surface area contributed by atoms with Crippen molar-refractivity contribution < 1.29 is 17.6 Å². The van der Waals surface area contributed by atoms with Crippen LogP contribution in [0.25, 0.3) is 0 Å². The molecule has 0 radical (unpaired) electrons. The summed E-state index contributed by atoms with van der Waals surface area (Å²) in [6.07, 6.45) is 0. The maximum atomic E-state index is 13.8. The van der Waals surface area contributed by atoms with Gasteiger partial charge in [0.2, 0.25) is 10.0 Å². The van der Waals surface area contributed by atoms with E-state index in [9.17, 15) is 17.6 Å². The lowest BCUT2D eigenvalue weighted by Gasteiger charge is -2.20. The van der Waals surface area contributed by atoms with E-state index in [1.165, 1.54) is 37.4 Å². The second-order valence-corrected chi connectivity index (χ2v) is 7.90. The molecule has 0 fully saturated rings. The standard InChI is InChI=1S/C19H23FN2O3S/c1-4-22(5-2)19(23)15-10-12-17(13-11-15)26(24,25)21(3)14-16-8-6-7-9-18(16)20/h6-13H,4-5,14H2,1-3H3. The zero-order valence-corrected chi connectivity index (χ0v) is 16.0. The van der Waals surface area contributed by atoms with Crippen LogP contribution in [0.1, 0.15) is 29.8 Å². The summed E-state index contributed by atoms with van der Waals surface area (Å²) in [5.74, 6) is -0.589. The van der Waals surface area contributed by atoms with E-state index in [1.807, 2.05) is 13.8 Å². The van der Waals surface area contributed by atoms with Gasteiger partial charge in [-0.15, -0.1) is 0 Å². The van der Waals surface area contributed by atoms with Gasteiger partial charge in [-0.2, -0.15) is 4.31 Å². The number of carbonyl (C=O) groups is 1. The second-order valence-electron chi connectivity index (χ2n) is 5.85. The molecule has 0 bridgehead atoms. The Balaban J connectivity index is 2.21. The van der Waals surface area contributed by atoms with Crippen LogP contribution in [0, 0.1) is 5.82 Å². The van der Waals surface area contributed by atoms with Crippen LogP contribution in [0.3, 0.4) is 0 Å². The van der Waals surface area contributed by atoms with E-state index in [0.29, 0.717) is 24.2 Å². The van der Waals surface area contributed by atoms with E-state index in [4.69, 9.17) is 0 Å². The van der Waals surface area contributed by atoms with Gasteiger partial charge >= 0.3 is 0 Å². The molecule has 26 heavy (non-hydrogen) atoms. The average molecular weight is 378 g/mol. The summed E-state index contributed by atoms with van der Waals surface area (Å²) >= 11 is 0. The topological polar surface area (TPSA) is 57.7 Å². The van der Waals surface area contributed by atoms with Gasteiger partial charge in [-0.25, -0.2) is 12.8 Å². The van der Waals surface area contributed by atoms with Crippen LogP contribution < -0.4 is 0 Å². The highest BCUT2D eigenvalue weighted by Gasteiger charge is 2.22. The fraction of sp³-hybridized carbons (Fsp3) is 0.316. The summed E-state index contributed by atoms with van der Waals surface area (Å²) in [7, 11) is -2.39. The predicted molar refractivity (Wildman–Crippen MR) is 98.7 cm³/mol. The molecule has 0 aliphatic rings. The number of carbonyl (C=O) groups excluding carboxylic acids is 1. The Bertz CT molecular complexity index is 863. The van der Waals surface area contributed by atoms with Gasteiger partial charge in [0.1, 0.15) is 5.82 Å². The molecule has 2 aromatic carbocycles. The number of hydrogen-bond donors (Lipinski definition) is 0. The molecule has 0 saturated carbocycles. The van der Waals surface area contributed by atoms with Crippen LogP contribution >= 0.6 is 0 Å². The maximum absolute atomic E-state index is 13.8. The monoisotopic (exact) mass is 378 g/mol. The van der Waals surface area contributed by atoms with E-state index >= 15 is 0 Å². The molecule has 7 heteroatoms. The molecule has 2 rings (SSSR count). The molecule has 0 aromatic heterocycles. The Morgan fingerprint density at radius 3 is 2.12 bits per heavy atom. The predicted octanol–water partition coefficient (Wildman–Crippen LogP) is 3.13. The number of hydrogen-bond acceptors (Lipinski definition) is 3. The summed E-state index contributed by atoms with van der Waals surface area (Å²) < 4.78 is 40.2. The van der Waals surface area contributed by atoms with E-state index in [1.54, 1.807) is 23.1 Å². The highest BCUT2D eigenvalue weighted by Crippen LogP contribution is 2.19. The van der Waals surface area contributed by atoms with E-state index in [-0.39, 0.29) is 17.3 Å². The summed E-state index contributed by atoms with van der Waals surface area (Å²) in [5, 5.41) is 0. The SMILES string of the molecule is CCN(CC)C(=O)c1ccc(S(=O)(=O)N(C)Cc2ccccc2F)cc1. The zero-order valence-electron chi connectivity index (χ0n) is 15.1. The molecular weight excluding hydrogens is 355 g/mol. The largest absolute Gasteiger partial charge is 0.339 e. The number of rotatable bonds is 7. The van der Waals surface area contributed by atoms with Gasteiger partial charge in [0.05, 0.1) is 4.90 Å². The van der Waals surface area contributed by atoms with Gasteiger partial charge in [0, 0.05) is 37.8 Å². The van der Waals surface area contributed by atoms with Crippen molar-refractivity contribution in [3.05, 3.63) is 65.5 Å². The molecule has 0 saturated heterocycles. The minimum atomic E-state index is -3.79. The highest BCUT2D eigenvalue weighted by molar-refractivity contribution is 7.89. The lowest BCUT2D eigenvalue weighted by Crippen LogP contribution is -2.30. The van der Waals surface area contributed by atoms with Crippen molar-refractivity contribution >= 4 is 15.9 Å². The van der Waals surface area contributed by atoms with E-state index in [2.05, 4.69) is 0 Å². The first kappa shape index (κ1) is 20.1. The molecule has 1 amide bonds. The average Bonchev–Trinajstić information content (AvgIpc) is 2.64. The number of amides is 1. The highest BCUT2D eigenvalue weighted by atomic mass is 32.2. The summed E-state index contributed by atoms with van der Waals surface area (Å²) in [6.45, 7) is 4.87. The molecule has 0 spiro atoms. The smallest absolute Gasteiger partial charge is 0.253 e. The maximum Gasteiger partial charge on any atom is 0.253 e. The second kappa shape index (κ2) is 8.42. The van der Waals surface area contributed by atoms with Crippen LogP contribution in [0.4, 0.5) is 4.39 Å². The van der Waals surface area contributed by atoms with Crippen LogP contribution in [0.2, 0.25) is 0 Å². The summed E-state index contributed by atoms with van der Waals surface area (Å²) in [6, 6.07) is 11.9. The van der Waals surface area contributed by atoms with Crippen molar-refractivity contribution in [3.8, 4) is 0 Å². The lowest BCUT2D eigenvalue weighted by molar-refractivity contribution is 0.0773. The summed E-state index contributed by atoms with van der Waals surface area (Å²) in [4.78, 5) is 14.0. The Kier molecular flexibility index (Phi) is 6.50. The molecule has 5 nitrogen and oxygen atoms in total. The van der Waals surface area contributed by atoms with Crippen LogP contribution in [0.5, 0.6) is 0 Å². The molecule has 2 aromatic rings. The molecule has 0 N–H and O–H groups in total. The Morgan fingerprint density at radius 2 is 1.58 bits per heavy atom. The van der Waals surface area contributed by atoms with Gasteiger partial charge in [-0.05, 0) is 44.2 Å². The third-order valence-corrected chi connectivity index (χ3v) is 6.03. The third-order valence-electron chi connectivity index (χ3n) is 4.21. The van der Waals surface area contributed by atoms with Crippen molar-refractivity contribution in [2.24, 2.45) is 0 Å². The van der Waals surface area contributed by atoms with Gasteiger partial charge in [-0.3, -0.25) is 4.79 Å². The first-order valence-corrected chi connectivity index (χ1v) is 9.84. The van der Waals surface area contributed by atoms with E-state index < -0.39 is 15.8 Å². The van der Waals surface area contributed by atoms with Crippen LogP contribution in [0.15, 0.2) is 53.4 Å². The van der Waals surface area contributed by atoms with Crippen molar-refractivity contribution in [3.63, 3.8) is 0 Å². The molecule has 0 aliphatic heterocycles. The Hall–Kier alpha value is -2.25. The number of benzene rings is 2. The molecule has 140 valence electrons. The van der Waals surface area contributed by atoms with Crippen LogP contribution in [-0.2, 0) is 16.6 Å². The zero-order chi connectivity index (χ0) is 19.3. The third kappa shape index (κ3) is 4.28. The first-order valence-electron chi connectivity index (χ1n) is 8.40. The molecular formula is C19H23FN2O3S. The Labute approximate surface area is 154 Å². The molecule has 0 unspecified atom stereocenters. The summed E-state index contributed by atoms with van der Waals surface area (Å²) in [5.41, 5.74) is 0.733. The van der Waals surface area contributed by atoms with Crippen molar-refractivity contribution in [2.45, 2.75) is 25.3 Å². The number of halogens is 1. The van der Waals surface area contributed by atoms with Gasteiger partial charge in [0.25, 0.3) is 5.91 Å². The van der Waals surface area contributed by atoms with Crippen LogP contribution in [-0.4, -0.2) is 43.7 Å². The quantitative estimate of drug-likeness (QED) is 0.744. The fourth-order valence-corrected chi connectivity index (χ4v) is 3.74. The lowest BCUT2D eigenvalue weighted by atomic mass is 10.2. The fourth-order valence-electron chi connectivity index (χ4n) is 2.59. The van der Waals surface area contributed by atoms with Gasteiger partial charge in [0.15, 0.2) is 0 Å². The Morgan fingerprint density at radius 1 is 1.00 bits per heavy atom. The molecule has 0 atom stereocenters. The molecule has 0 heterocycles. The normalized spacial score (nSPS) is 11.6. The van der Waals surface area contributed by atoms with Gasteiger partial charge < -0.3 is 4.90 Å². The minimum absolute atomic E-state index is 0.0624. The number of nitrogens with zero attached hydrogens (tertiary/aromatic N) is 2.